The average molecular weight is 232 g/mol. The Bertz CT molecular complexity index is 470. The second-order valence-corrected chi connectivity index (χ2v) is 5.28. The van der Waals surface area contributed by atoms with Crippen molar-refractivity contribution in [3.05, 3.63) is 42.1 Å². The molecule has 1 unspecified atom stereocenters. The molecule has 0 aliphatic heterocycles. The number of aromatic nitrogens is 1. The first-order valence-electron chi connectivity index (χ1n) is 5.46. The van der Waals surface area contributed by atoms with Crippen molar-refractivity contribution in [3.63, 3.8) is 0 Å². The Morgan fingerprint density at radius 2 is 2.06 bits per heavy atom. The predicted molar refractivity (Wildman–Crippen MR) is 71.6 cm³/mol. The van der Waals surface area contributed by atoms with Crippen LogP contribution in [0.3, 0.4) is 0 Å². The lowest BCUT2D eigenvalue weighted by atomic mass is 10.2. The minimum absolute atomic E-state index is 0.494. The maximum atomic E-state index is 5.59. The minimum atomic E-state index is 0.494. The second kappa shape index (κ2) is 5.32. The molecule has 2 rings (SSSR count). The molecule has 0 radical (unpaired) electrons. The molecule has 84 valence electrons. The molecule has 0 saturated carbocycles. The molecule has 0 aliphatic carbocycles. The van der Waals surface area contributed by atoms with Crippen molar-refractivity contribution in [2.45, 2.75) is 17.9 Å². The van der Waals surface area contributed by atoms with Crippen LogP contribution in [0.2, 0.25) is 0 Å². The summed E-state index contributed by atoms with van der Waals surface area (Å²) >= 11 is 1.85. The van der Waals surface area contributed by atoms with Gasteiger partial charge in [0, 0.05) is 22.9 Å². The van der Waals surface area contributed by atoms with Gasteiger partial charge in [0.15, 0.2) is 0 Å². The summed E-state index contributed by atoms with van der Waals surface area (Å²) in [6.07, 6.45) is 0. The van der Waals surface area contributed by atoms with Crippen LogP contribution in [0, 0.1) is 0 Å². The van der Waals surface area contributed by atoms with E-state index < -0.39 is 0 Å². The van der Waals surface area contributed by atoms with Gasteiger partial charge in [0.05, 0.1) is 11.2 Å². The fraction of sp³-hybridized carbons (Fsp3) is 0.308. The van der Waals surface area contributed by atoms with Gasteiger partial charge in [-0.05, 0) is 12.1 Å². The standard InChI is InChI=1S/C13H16N2S/c1-10(8-14)16-9-12-7-6-11-4-2-3-5-13(11)15-12/h2-7,10H,8-9,14H2,1H3. The third-order valence-corrected chi connectivity index (χ3v) is 3.73. The van der Waals surface area contributed by atoms with Crippen molar-refractivity contribution in [1.29, 1.82) is 0 Å². The Hall–Kier alpha value is -1.06. The van der Waals surface area contributed by atoms with Crippen LogP contribution in [0.1, 0.15) is 12.6 Å². The highest BCUT2D eigenvalue weighted by Gasteiger charge is 2.02. The number of para-hydroxylation sites is 1. The van der Waals surface area contributed by atoms with E-state index in [-0.39, 0.29) is 0 Å². The average Bonchev–Trinajstić information content (AvgIpc) is 2.35. The smallest absolute Gasteiger partial charge is 0.0705 e. The zero-order valence-electron chi connectivity index (χ0n) is 9.39. The fourth-order valence-corrected chi connectivity index (χ4v) is 2.24. The number of hydrogen-bond acceptors (Lipinski definition) is 3. The van der Waals surface area contributed by atoms with E-state index in [2.05, 4.69) is 36.2 Å². The molecule has 0 fully saturated rings. The summed E-state index contributed by atoms with van der Waals surface area (Å²) in [5.41, 5.74) is 7.78. The van der Waals surface area contributed by atoms with Crippen molar-refractivity contribution >= 4 is 22.7 Å². The zero-order chi connectivity index (χ0) is 11.4. The maximum Gasteiger partial charge on any atom is 0.0705 e. The van der Waals surface area contributed by atoms with Crippen LogP contribution < -0.4 is 5.73 Å². The van der Waals surface area contributed by atoms with Gasteiger partial charge in [-0.25, -0.2) is 0 Å². The molecule has 0 spiro atoms. The van der Waals surface area contributed by atoms with E-state index in [1.165, 1.54) is 5.39 Å². The second-order valence-electron chi connectivity index (χ2n) is 3.85. The summed E-state index contributed by atoms with van der Waals surface area (Å²) in [6.45, 7) is 2.87. The summed E-state index contributed by atoms with van der Waals surface area (Å²) in [4.78, 5) is 4.62. The molecule has 1 aromatic heterocycles. The summed E-state index contributed by atoms with van der Waals surface area (Å²) in [7, 11) is 0. The van der Waals surface area contributed by atoms with Crippen LogP contribution in [0.15, 0.2) is 36.4 Å². The first-order valence-corrected chi connectivity index (χ1v) is 6.51. The molecule has 0 bridgehead atoms. The van der Waals surface area contributed by atoms with Gasteiger partial charge in [0.25, 0.3) is 0 Å². The summed E-state index contributed by atoms with van der Waals surface area (Å²) in [5, 5.41) is 1.69. The molecule has 1 heterocycles. The third kappa shape index (κ3) is 2.74. The number of nitrogens with two attached hydrogens (primary N) is 1. The van der Waals surface area contributed by atoms with E-state index in [1.807, 2.05) is 23.9 Å². The van der Waals surface area contributed by atoms with E-state index in [9.17, 15) is 0 Å². The van der Waals surface area contributed by atoms with Gasteiger partial charge in [-0.3, -0.25) is 4.98 Å². The highest BCUT2D eigenvalue weighted by atomic mass is 32.2. The number of thioether (sulfide) groups is 1. The largest absolute Gasteiger partial charge is 0.329 e. The first-order chi connectivity index (χ1) is 7.79. The number of pyridine rings is 1. The van der Waals surface area contributed by atoms with E-state index in [0.717, 1.165) is 23.5 Å². The molecule has 0 saturated heterocycles. The highest BCUT2D eigenvalue weighted by molar-refractivity contribution is 7.99. The SMILES string of the molecule is CC(CN)SCc1ccc2ccccc2n1. The van der Waals surface area contributed by atoms with Gasteiger partial charge in [-0.2, -0.15) is 11.8 Å². The van der Waals surface area contributed by atoms with E-state index >= 15 is 0 Å². The molecule has 0 aliphatic rings. The zero-order valence-corrected chi connectivity index (χ0v) is 10.2. The fourth-order valence-electron chi connectivity index (χ4n) is 1.48. The van der Waals surface area contributed by atoms with E-state index in [1.54, 1.807) is 0 Å². The van der Waals surface area contributed by atoms with Crippen LogP contribution in [0.25, 0.3) is 10.9 Å². The minimum Gasteiger partial charge on any atom is -0.329 e. The molecule has 3 heteroatoms. The molecule has 2 aromatic rings. The number of nitrogens with zero attached hydrogens (tertiary/aromatic N) is 1. The Balaban J connectivity index is 2.13. The van der Waals surface area contributed by atoms with Crippen LogP contribution in [0.4, 0.5) is 0 Å². The number of rotatable bonds is 4. The monoisotopic (exact) mass is 232 g/mol. The number of fused-ring (bicyclic) bond motifs is 1. The number of benzene rings is 1. The Morgan fingerprint density at radius 1 is 1.25 bits per heavy atom. The molecule has 1 atom stereocenters. The van der Waals surface area contributed by atoms with Gasteiger partial charge >= 0.3 is 0 Å². The lowest BCUT2D eigenvalue weighted by Crippen LogP contribution is -2.12. The lowest BCUT2D eigenvalue weighted by molar-refractivity contribution is 0.949. The van der Waals surface area contributed by atoms with Crippen LogP contribution in [0.5, 0.6) is 0 Å². The van der Waals surface area contributed by atoms with Gasteiger partial charge in [-0.1, -0.05) is 31.2 Å². The Kier molecular flexibility index (Phi) is 3.80. The summed E-state index contributed by atoms with van der Waals surface area (Å²) in [5.74, 6) is 0.934. The van der Waals surface area contributed by atoms with Crippen molar-refractivity contribution in [2.75, 3.05) is 6.54 Å². The van der Waals surface area contributed by atoms with E-state index in [4.69, 9.17) is 5.73 Å². The van der Waals surface area contributed by atoms with Gasteiger partial charge in [0.1, 0.15) is 0 Å². The summed E-state index contributed by atoms with van der Waals surface area (Å²) in [6, 6.07) is 12.4. The lowest BCUT2D eigenvalue weighted by Gasteiger charge is -2.07. The molecular weight excluding hydrogens is 216 g/mol. The van der Waals surface area contributed by atoms with Crippen LogP contribution in [-0.2, 0) is 5.75 Å². The number of hydrogen-bond donors (Lipinski definition) is 1. The van der Waals surface area contributed by atoms with Crippen molar-refractivity contribution in [2.24, 2.45) is 5.73 Å². The molecule has 1 aromatic carbocycles. The third-order valence-electron chi connectivity index (χ3n) is 2.50. The molecule has 2 N–H and O–H groups in total. The van der Waals surface area contributed by atoms with Crippen molar-refractivity contribution in [1.82, 2.24) is 4.98 Å². The molecular formula is C13H16N2S. The van der Waals surface area contributed by atoms with Gasteiger partial charge in [-0.15, -0.1) is 0 Å². The van der Waals surface area contributed by atoms with Crippen LogP contribution in [-0.4, -0.2) is 16.8 Å². The topological polar surface area (TPSA) is 38.9 Å². The van der Waals surface area contributed by atoms with Crippen molar-refractivity contribution < 1.29 is 0 Å². The quantitative estimate of drug-likeness (QED) is 0.881. The maximum absolute atomic E-state index is 5.59. The molecule has 2 nitrogen and oxygen atoms in total. The summed E-state index contributed by atoms with van der Waals surface area (Å²) < 4.78 is 0. The predicted octanol–water partition coefficient (Wildman–Crippen LogP) is 2.82. The normalized spacial score (nSPS) is 12.9. The van der Waals surface area contributed by atoms with Gasteiger partial charge < -0.3 is 5.73 Å². The first kappa shape index (κ1) is 11.4. The van der Waals surface area contributed by atoms with Crippen LogP contribution >= 0.6 is 11.8 Å². The highest BCUT2D eigenvalue weighted by Crippen LogP contribution is 2.18. The molecule has 0 amide bonds. The Labute approximate surface area is 100 Å². The van der Waals surface area contributed by atoms with Gasteiger partial charge in [0.2, 0.25) is 0 Å². The van der Waals surface area contributed by atoms with E-state index in [0.29, 0.717) is 5.25 Å². The van der Waals surface area contributed by atoms with Crippen molar-refractivity contribution in [3.8, 4) is 0 Å². The Morgan fingerprint density at radius 3 is 2.88 bits per heavy atom. The molecule has 16 heavy (non-hydrogen) atoms.